The Kier molecular flexibility index (Phi) is 3.63. The summed E-state index contributed by atoms with van der Waals surface area (Å²) in [4.78, 5) is 12.4. The second-order valence-corrected chi connectivity index (χ2v) is 6.76. The fourth-order valence-corrected chi connectivity index (χ4v) is 4.42. The quantitative estimate of drug-likeness (QED) is 0.942. The largest absolute Gasteiger partial charge is 0.352 e. The summed E-state index contributed by atoms with van der Waals surface area (Å²) >= 11 is 0. The molecule has 0 saturated heterocycles. The first-order valence-corrected chi connectivity index (χ1v) is 8.36. The Hall–Kier alpha value is -2.17. The molecule has 2 fully saturated rings. The SMILES string of the molecule is Cc1nonc1CC(=O)NC1C2CCCC2C1c1ccccc1. The fraction of sp³-hybridized carbons (Fsp3) is 0.500. The van der Waals surface area contributed by atoms with Gasteiger partial charge in [0.1, 0.15) is 11.4 Å². The first-order valence-electron chi connectivity index (χ1n) is 8.36. The molecule has 4 unspecified atom stereocenters. The summed E-state index contributed by atoms with van der Waals surface area (Å²) in [6.07, 6.45) is 4.02. The van der Waals surface area contributed by atoms with Gasteiger partial charge in [-0.05, 0) is 37.2 Å². The van der Waals surface area contributed by atoms with Crippen LogP contribution in [0.4, 0.5) is 0 Å². The highest BCUT2D eigenvalue weighted by Crippen LogP contribution is 2.55. The van der Waals surface area contributed by atoms with Crippen molar-refractivity contribution in [1.29, 1.82) is 0 Å². The number of amides is 1. The molecule has 1 N–H and O–H groups in total. The predicted molar refractivity (Wildman–Crippen MR) is 84.7 cm³/mol. The number of carbonyl (C=O) groups is 1. The molecule has 2 saturated carbocycles. The molecule has 0 radical (unpaired) electrons. The zero-order valence-corrected chi connectivity index (χ0v) is 13.2. The highest BCUT2D eigenvalue weighted by molar-refractivity contribution is 5.79. The van der Waals surface area contributed by atoms with Crippen LogP contribution in [0.5, 0.6) is 0 Å². The van der Waals surface area contributed by atoms with E-state index in [0.717, 1.165) is 5.92 Å². The normalized spacial score (nSPS) is 28.9. The van der Waals surface area contributed by atoms with E-state index in [-0.39, 0.29) is 18.4 Å². The lowest BCUT2D eigenvalue weighted by molar-refractivity contribution is -0.123. The van der Waals surface area contributed by atoms with Gasteiger partial charge in [0.2, 0.25) is 5.91 Å². The number of aromatic nitrogens is 2. The first-order chi connectivity index (χ1) is 11.2. The number of benzene rings is 1. The van der Waals surface area contributed by atoms with E-state index in [1.54, 1.807) is 0 Å². The Labute approximate surface area is 135 Å². The second kappa shape index (κ2) is 5.80. The van der Waals surface area contributed by atoms with Crippen LogP contribution in [0.3, 0.4) is 0 Å². The van der Waals surface area contributed by atoms with Crippen molar-refractivity contribution in [3.63, 3.8) is 0 Å². The van der Waals surface area contributed by atoms with Gasteiger partial charge in [-0.25, -0.2) is 4.63 Å². The summed E-state index contributed by atoms with van der Waals surface area (Å²) in [5.74, 6) is 1.81. The highest BCUT2D eigenvalue weighted by atomic mass is 16.6. The van der Waals surface area contributed by atoms with Crippen LogP contribution in [0.1, 0.15) is 42.1 Å². The standard InChI is InChI=1S/C18H21N3O2/c1-11-15(21-23-20-11)10-16(22)19-18-14-9-5-8-13(14)17(18)12-6-3-2-4-7-12/h2-4,6-7,13-14,17-18H,5,8-10H2,1H3,(H,19,22). The minimum atomic E-state index is 0.0140. The van der Waals surface area contributed by atoms with Crippen molar-refractivity contribution >= 4 is 5.91 Å². The number of fused-ring (bicyclic) bond motifs is 1. The van der Waals surface area contributed by atoms with Crippen LogP contribution < -0.4 is 5.32 Å². The number of hydrogen-bond acceptors (Lipinski definition) is 4. The summed E-state index contributed by atoms with van der Waals surface area (Å²) in [5.41, 5.74) is 2.66. The van der Waals surface area contributed by atoms with Gasteiger partial charge in [0, 0.05) is 12.0 Å². The average Bonchev–Trinajstić information content (AvgIpc) is 3.14. The number of aryl methyl sites for hydroxylation is 1. The van der Waals surface area contributed by atoms with Gasteiger partial charge >= 0.3 is 0 Å². The van der Waals surface area contributed by atoms with E-state index in [1.165, 1.54) is 24.8 Å². The van der Waals surface area contributed by atoms with Crippen LogP contribution in [-0.2, 0) is 11.2 Å². The lowest BCUT2D eigenvalue weighted by atomic mass is 9.60. The zero-order chi connectivity index (χ0) is 15.8. The summed E-state index contributed by atoms with van der Waals surface area (Å²) in [6, 6.07) is 10.8. The van der Waals surface area contributed by atoms with Gasteiger partial charge in [0.25, 0.3) is 0 Å². The van der Waals surface area contributed by atoms with E-state index >= 15 is 0 Å². The molecule has 5 heteroatoms. The minimum Gasteiger partial charge on any atom is -0.352 e. The average molecular weight is 311 g/mol. The minimum absolute atomic E-state index is 0.0140. The number of hydrogen-bond donors (Lipinski definition) is 1. The van der Waals surface area contributed by atoms with E-state index in [2.05, 4.69) is 44.5 Å². The second-order valence-electron chi connectivity index (χ2n) is 6.76. The lowest BCUT2D eigenvalue weighted by Crippen LogP contribution is -2.56. The van der Waals surface area contributed by atoms with Crippen LogP contribution in [-0.4, -0.2) is 22.3 Å². The Morgan fingerprint density at radius 1 is 1.22 bits per heavy atom. The van der Waals surface area contributed by atoms with Gasteiger partial charge in [-0.2, -0.15) is 0 Å². The smallest absolute Gasteiger partial charge is 0.226 e. The maximum Gasteiger partial charge on any atom is 0.226 e. The number of rotatable bonds is 4. The molecular formula is C18H21N3O2. The molecule has 0 aliphatic heterocycles. The van der Waals surface area contributed by atoms with Gasteiger partial charge in [-0.1, -0.05) is 47.1 Å². The summed E-state index contributed by atoms with van der Waals surface area (Å²) in [6.45, 7) is 1.81. The van der Waals surface area contributed by atoms with Gasteiger partial charge in [0.15, 0.2) is 0 Å². The summed E-state index contributed by atoms with van der Waals surface area (Å²) < 4.78 is 4.67. The Balaban J connectivity index is 1.48. The van der Waals surface area contributed by atoms with Gasteiger partial charge in [-0.15, -0.1) is 0 Å². The van der Waals surface area contributed by atoms with E-state index in [0.29, 0.717) is 23.2 Å². The third-order valence-electron chi connectivity index (χ3n) is 5.52. The van der Waals surface area contributed by atoms with Crippen LogP contribution in [0.15, 0.2) is 35.0 Å². The number of carbonyl (C=O) groups excluding carboxylic acids is 1. The molecule has 0 bridgehead atoms. The Bertz CT molecular complexity index is 697. The fourth-order valence-electron chi connectivity index (χ4n) is 4.42. The van der Waals surface area contributed by atoms with Crippen molar-refractivity contribution in [3.05, 3.63) is 47.3 Å². The molecule has 2 aromatic rings. The molecule has 5 nitrogen and oxygen atoms in total. The van der Waals surface area contributed by atoms with Crippen molar-refractivity contribution < 1.29 is 9.42 Å². The Morgan fingerprint density at radius 3 is 2.74 bits per heavy atom. The topological polar surface area (TPSA) is 68.0 Å². The highest BCUT2D eigenvalue weighted by Gasteiger charge is 2.53. The molecule has 4 rings (SSSR count). The summed E-state index contributed by atoms with van der Waals surface area (Å²) in [7, 11) is 0. The van der Waals surface area contributed by atoms with Crippen molar-refractivity contribution in [2.24, 2.45) is 11.8 Å². The molecule has 1 aromatic heterocycles. The molecule has 2 aliphatic carbocycles. The van der Waals surface area contributed by atoms with Crippen LogP contribution in [0.2, 0.25) is 0 Å². The predicted octanol–water partition coefficient (Wildman–Crippen LogP) is 2.62. The molecule has 1 heterocycles. The third kappa shape index (κ3) is 2.54. The molecule has 2 aliphatic rings. The molecule has 23 heavy (non-hydrogen) atoms. The third-order valence-corrected chi connectivity index (χ3v) is 5.52. The maximum absolute atomic E-state index is 12.4. The summed E-state index contributed by atoms with van der Waals surface area (Å²) in [5, 5.41) is 10.8. The van der Waals surface area contributed by atoms with Gasteiger partial charge in [-0.3, -0.25) is 4.79 Å². The van der Waals surface area contributed by atoms with Crippen molar-refractivity contribution in [2.75, 3.05) is 0 Å². The van der Waals surface area contributed by atoms with Gasteiger partial charge < -0.3 is 5.32 Å². The molecule has 120 valence electrons. The molecule has 0 spiro atoms. The van der Waals surface area contributed by atoms with Crippen molar-refractivity contribution in [1.82, 2.24) is 15.6 Å². The number of nitrogens with zero attached hydrogens (tertiary/aromatic N) is 2. The molecular weight excluding hydrogens is 290 g/mol. The van der Waals surface area contributed by atoms with Crippen molar-refractivity contribution in [3.8, 4) is 0 Å². The van der Waals surface area contributed by atoms with Crippen LogP contribution in [0.25, 0.3) is 0 Å². The monoisotopic (exact) mass is 311 g/mol. The first kappa shape index (κ1) is 14.4. The lowest BCUT2D eigenvalue weighted by Gasteiger charge is -2.49. The zero-order valence-electron chi connectivity index (χ0n) is 13.2. The molecule has 1 amide bonds. The molecule has 4 atom stereocenters. The van der Waals surface area contributed by atoms with E-state index in [9.17, 15) is 4.79 Å². The number of nitrogens with one attached hydrogen (secondary N) is 1. The van der Waals surface area contributed by atoms with E-state index in [4.69, 9.17) is 0 Å². The Morgan fingerprint density at radius 2 is 2.00 bits per heavy atom. The molecule has 1 aromatic carbocycles. The van der Waals surface area contributed by atoms with E-state index < -0.39 is 0 Å². The van der Waals surface area contributed by atoms with Gasteiger partial charge in [0.05, 0.1) is 6.42 Å². The maximum atomic E-state index is 12.4. The van der Waals surface area contributed by atoms with E-state index in [1.807, 2.05) is 13.0 Å². The van der Waals surface area contributed by atoms with Crippen molar-refractivity contribution in [2.45, 2.75) is 44.6 Å². The van der Waals surface area contributed by atoms with Crippen LogP contribution in [0, 0.1) is 18.8 Å². The van der Waals surface area contributed by atoms with Crippen LogP contribution >= 0.6 is 0 Å².